The Hall–Kier alpha value is -3.11. The molecule has 0 saturated carbocycles. The molecule has 3 aromatic carbocycles. The minimum atomic E-state index is -0.338. The number of hydrogen-bond acceptors (Lipinski definition) is 4. The molecule has 1 fully saturated rings. The van der Waals surface area contributed by atoms with Crippen molar-refractivity contribution in [1.29, 1.82) is 0 Å². The lowest BCUT2D eigenvalue weighted by Crippen LogP contribution is -2.13. The first-order chi connectivity index (χ1) is 15.1. The van der Waals surface area contributed by atoms with Gasteiger partial charge in [0.25, 0.3) is 0 Å². The Balaban J connectivity index is 1.59. The van der Waals surface area contributed by atoms with E-state index < -0.39 is 0 Å². The van der Waals surface area contributed by atoms with E-state index in [1.165, 1.54) is 0 Å². The van der Waals surface area contributed by atoms with Crippen molar-refractivity contribution in [1.82, 2.24) is 0 Å². The molecule has 160 valence electrons. The summed E-state index contributed by atoms with van der Waals surface area (Å²) >= 11 is 0. The van der Waals surface area contributed by atoms with E-state index in [1.807, 2.05) is 78.9 Å². The number of carbonyl (C=O) groups excluding carboxylic acids is 1. The van der Waals surface area contributed by atoms with Crippen molar-refractivity contribution < 1.29 is 19.0 Å². The summed E-state index contributed by atoms with van der Waals surface area (Å²) in [6.45, 7) is 5.39. The highest BCUT2D eigenvalue weighted by Gasteiger charge is 2.25. The van der Waals surface area contributed by atoms with Crippen LogP contribution in [0.25, 0.3) is 0 Å². The molecule has 2 atom stereocenters. The molecule has 0 bridgehead atoms. The summed E-state index contributed by atoms with van der Waals surface area (Å²) in [5.74, 6) is 1.98. The van der Waals surface area contributed by atoms with Crippen molar-refractivity contribution in [3.63, 3.8) is 0 Å². The van der Waals surface area contributed by atoms with E-state index in [2.05, 4.69) is 13.8 Å². The van der Waals surface area contributed by atoms with E-state index in [-0.39, 0.29) is 18.0 Å². The molecule has 0 aliphatic carbocycles. The second-order valence-corrected chi connectivity index (χ2v) is 8.26. The van der Waals surface area contributed by atoms with Crippen molar-refractivity contribution in [2.45, 2.75) is 32.5 Å². The third-order valence-corrected chi connectivity index (χ3v) is 5.15. The summed E-state index contributed by atoms with van der Waals surface area (Å²) in [5.41, 5.74) is 2.70. The Morgan fingerprint density at radius 1 is 0.968 bits per heavy atom. The molecular weight excluding hydrogens is 388 g/mol. The summed E-state index contributed by atoms with van der Waals surface area (Å²) in [5, 5.41) is 0. The van der Waals surface area contributed by atoms with Crippen LogP contribution in [0.5, 0.6) is 11.5 Å². The molecule has 1 heterocycles. The zero-order valence-electron chi connectivity index (χ0n) is 18.0. The van der Waals surface area contributed by atoms with Gasteiger partial charge in [0.15, 0.2) is 11.9 Å². The third-order valence-electron chi connectivity index (χ3n) is 5.15. The molecule has 0 aromatic heterocycles. The van der Waals surface area contributed by atoms with E-state index in [0.717, 1.165) is 23.5 Å². The Labute approximate surface area is 183 Å². The van der Waals surface area contributed by atoms with Gasteiger partial charge in [-0.25, -0.2) is 0 Å². The Morgan fingerprint density at radius 3 is 2.32 bits per heavy atom. The van der Waals surface area contributed by atoms with Crippen LogP contribution in [0, 0.1) is 5.92 Å². The number of carbonyl (C=O) groups is 1. The van der Waals surface area contributed by atoms with Crippen molar-refractivity contribution in [3.8, 4) is 11.5 Å². The molecule has 31 heavy (non-hydrogen) atoms. The van der Waals surface area contributed by atoms with Crippen molar-refractivity contribution >= 4 is 5.78 Å². The molecule has 2 unspecified atom stereocenters. The highest BCUT2D eigenvalue weighted by Crippen LogP contribution is 2.34. The lowest BCUT2D eigenvalue weighted by atomic mass is 10.00. The van der Waals surface area contributed by atoms with E-state index in [0.29, 0.717) is 30.3 Å². The summed E-state index contributed by atoms with van der Waals surface area (Å²) < 4.78 is 17.8. The molecule has 1 aliphatic heterocycles. The van der Waals surface area contributed by atoms with Gasteiger partial charge in [-0.3, -0.25) is 4.79 Å². The van der Waals surface area contributed by atoms with Crippen LogP contribution in [0.1, 0.15) is 47.9 Å². The maximum Gasteiger partial charge on any atom is 0.163 e. The van der Waals surface area contributed by atoms with Gasteiger partial charge in [-0.05, 0) is 41.8 Å². The van der Waals surface area contributed by atoms with Crippen LogP contribution in [0.3, 0.4) is 0 Å². The van der Waals surface area contributed by atoms with Gasteiger partial charge >= 0.3 is 0 Å². The number of Topliss-reactive ketones (excluding diaryl/α,β-unsaturated/α-hetero) is 1. The predicted molar refractivity (Wildman–Crippen MR) is 121 cm³/mol. The number of para-hydroxylation sites is 1. The van der Waals surface area contributed by atoms with Gasteiger partial charge in [0.2, 0.25) is 0 Å². The lowest BCUT2D eigenvalue weighted by Gasteiger charge is -2.23. The normalized spacial score (nSPS) is 16.0. The van der Waals surface area contributed by atoms with Crippen LogP contribution in [-0.2, 0) is 4.74 Å². The minimum Gasteiger partial charge on any atom is -0.490 e. The van der Waals surface area contributed by atoms with Crippen molar-refractivity contribution in [3.05, 3.63) is 95.6 Å². The maximum atomic E-state index is 12.3. The van der Waals surface area contributed by atoms with Gasteiger partial charge in [0.1, 0.15) is 24.2 Å². The van der Waals surface area contributed by atoms with Crippen LogP contribution >= 0.6 is 0 Å². The monoisotopic (exact) mass is 416 g/mol. The summed E-state index contributed by atoms with van der Waals surface area (Å²) in [6.07, 6.45) is 0.386. The zero-order valence-corrected chi connectivity index (χ0v) is 18.0. The van der Waals surface area contributed by atoms with E-state index in [9.17, 15) is 4.79 Å². The van der Waals surface area contributed by atoms with Crippen molar-refractivity contribution in [2.75, 3.05) is 13.2 Å². The summed E-state index contributed by atoms with van der Waals surface area (Å²) in [6, 6.07) is 25.4. The molecule has 0 radical (unpaired) electrons. The molecule has 0 spiro atoms. The van der Waals surface area contributed by atoms with E-state index in [1.54, 1.807) is 0 Å². The molecule has 3 aromatic rings. The fourth-order valence-corrected chi connectivity index (χ4v) is 3.46. The van der Waals surface area contributed by atoms with E-state index in [4.69, 9.17) is 14.2 Å². The summed E-state index contributed by atoms with van der Waals surface area (Å²) in [7, 11) is 0. The number of ketones is 1. The Kier molecular flexibility index (Phi) is 6.68. The first kappa shape index (κ1) is 21.1. The average molecular weight is 417 g/mol. The number of hydrogen-bond donors (Lipinski definition) is 0. The molecule has 0 amide bonds. The molecule has 4 nitrogen and oxygen atoms in total. The van der Waals surface area contributed by atoms with Crippen LogP contribution in [0.15, 0.2) is 78.9 Å². The van der Waals surface area contributed by atoms with Gasteiger partial charge in [0, 0.05) is 17.5 Å². The first-order valence-corrected chi connectivity index (χ1v) is 10.8. The fraction of sp³-hybridized carbons (Fsp3) is 0.296. The average Bonchev–Trinajstić information content (AvgIpc) is 3.61. The maximum absolute atomic E-state index is 12.3. The highest BCUT2D eigenvalue weighted by atomic mass is 16.6. The number of ether oxygens (including phenoxy) is 3. The second kappa shape index (κ2) is 9.80. The van der Waals surface area contributed by atoms with Crippen LogP contribution in [0.2, 0.25) is 0 Å². The zero-order chi connectivity index (χ0) is 21.6. The SMILES string of the molecule is CC(C)CC(=O)c1ccc(OC(c2ccccc2)c2ccccc2OCC2CO2)cc1. The van der Waals surface area contributed by atoms with Crippen LogP contribution in [0.4, 0.5) is 0 Å². The van der Waals surface area contributed by atoms with Crippen LogP contribution < -0.4 is 9.47 Å². The Bertz CT molecular complexity index is 991. The van der Waals surface area contributed by atoms with Crippen LogP contribution in [-0.4, -0.2) is 25.1 Å². The topological polar surface area (TPSA) is 48.1 Å². The van der Waals surface area contributed by atoms with Gasteiger partial charge in [-0.15, -0.1) is 0 Å². The molecular formula is C27H28O4. The smallest absolute Gasteiger partial charge is 0.163 e. The van der Waals surface area contributed by atoms with E-state index >= 15 is 0 Å². The van der Waals surface area contributed by atoms with Gasteiger partial charge in [-0.1, -0.05) is 62.4 Å². The van der Waals surface area contributed by atoms with Gasteiger partial charge in [-0.2, -0.15) is 0 Å². The molecule has 4 rings (SSSR count). The molecule has 1 aliphatic rings. The predicted octanol–water partition coefficient (Wildman–Crippen LogP) is 5.86. The second-order valence-electron chi connectivity index (χ2n) is 8.26. The standard InChI is InChI=1S/C27H28O4/c1-19(2)16-25(28)20-12-14-22(15-13-20)31-27(21-8-4-3-5-9-21)24-10-6-7-11-26(24)30-18-23-17-29-23/h3-15,19,23,27H,16-18H2,1-2H3. The van der Waals surface area contributed by atoms with Gasteiger partial charge < -0.3 is 14.2 Å². The summed E-state index contributed by atoms with van der Waals surface area (Å²) in [4.78, 5) is 12.3. The number of benzene rings is 3. The highest BCUT2D eigenvalue weighted by molar-refractivity contribution is 5.96. The van der Waals surface area contributed by atoms with Crippen molar-refractivity contribution in [2.24, 2.45) is 5.92 Å². The first-order valence-electron chi connectivity index (χ1n) is 10.8. The lowest BCUT2D eigenvalue weighted by molar-refractivity contribution is 0.0968. The quantitative estimate of drug-likeness (QED) is 0.307. The minimum absolute atomic E-state index is 0.155. The molecule has 0 N–H and O–H groups in total. The number of epoxide rings is 1. The third kappa shape index (κ3) is 5.74. The molecule has 4 heteroatoms. The molecule has 1 saturated heterocycles. The Morgan fingerprint density at radius 2 is 1.65 bits per heavy atom. The number of rotatable bonds is 10. The largest absolute Gasteiger partial charge is 0.490 e. The fourth-order valence-electron chi connectivity index (χ4n) is 3.46. The van der Waals surface area contributed by atoms with Gasteiger partial charge in [0.05, 0.1) is 6.61 Å².